The lowest BCUT2D eigenvalue weighted by Crippen LogP contribution is -2.10. The van der Waals surface area contributed by atoms with Crippen LogP contribution in [0.4, 0.5) is 0 Å². The van der Waals surface area contributed by atoms with Crippen LogP contribution in [-0.4, -0.2) is 17.3 Å². The Labute approximate surface area is 192 Å². The van der Waals surface area contributed by atoms with E-state index in [2.05, 4.69) is 91.5 Å². The molecule has 0 aromatic heterocycles. The summed E-state index contributed by atoms with van der Waals surface area (Å²) < 4.78 is 0. The van der Waals surface area contributed by atoms with Crippen molar-refractivity contribution in [3.05, 3.63) is 97.6 Å². The van der Waals surface area contributed by atoms with Gasteiger partial charge in [-0.2, -0.15) is 0 Å². The Balaban J connectivity index is 1.36. The van der Waals surface area contributed by atoms with Gasteiger partial charge in [-0.1, -0.05) is 67.2 Å². The summed E-state index contributed by atoms with van der Waals surface area (Å²) >= 11 is 3.72. The molecule has 0 heterocycles. The van der Waals surface area contributed by atoms with E-state index in [0.717, 1.165) is 17.9 Å². The van der Waals surface area contributed by atoms with Gasteiger partial charge >= 0.3 is 0 Å². The first-order chi connectivity index (χ1) is 15.2. The predicted molar refractivity (Wildman–Crippen MR) is 137 cm³/mol. The number of rotatable bonds is 10. The molecule has 0 N–H and O–H groups in total. The molecule has 1 atom stereocenters. The van der Waals surface area contributed by atoms with Crippen molar-refractivity contribution in [3.8, 4) is 0 Å². The normalized spacial score (nSPS) is 12.1. The first-order valence-electron chi connectivity index (χ1n) is 10.6. The molecular weight excluding hydrogens is 416 g/mol. The number of thioether (sulfide) groups is 2. The Morgan fingerprint density at radius 3 is 1.90 bits per heavy atom. The van der Waals surface area contributed by atoms with Crippen molar-refractivity contribution in [2.45, 2.75) is 22.6 Å². The lowest BCUT2D eigenvalue weighted by molar-refractivity contribution is -0.115. The molecule has 0 fully saturated rings. The average Bonchev–Trinajstić information content (AvgIpc) is 2.82. The summed E-state index contributed by atoms with van der Waals surface area (Å²) in [5.74, 6) is 2.43. The van der Waals surface area contributed by atoms with Crippen LogP contribution in [0, 0.1) is 5.92 Å². The zero-order valence-electron chi connectivity index (χ0n) is 17.5. The lowest BCUT2D eigenvalue weighted by atomic mass is 10.0. The first-order valence-corrected chi connectivity index (χ1v) is 12.6. The second-order valence-electron chi connectivity index (χ2n) is 7.71. The van der Waals surface area contributed by atoms with Gasteiger partial charge in [0.05, 0.1) is 0 Å². The Morgan fingerprint density at radius 2 is 1.32 bits per heavy atom. The van der Waals surface area contributed by atoms with Crippen molar-refractivity contribution in [2.75, 3.05) is 11.5 Å². The summed E-state index contributed by atoms with van der Waals surface area (Å²) in [6.45, 7) is 3.66. The van der Waals surface area contributed by atoms with E-state index in [4.69, 9.17) is 0 Å². The van der Waals surface area contributed by atoms with Gasteiger partial charge in [-0.15, -0.1) is 23.5 Å². The van der Waals surface area contributed by atoms with Crippen molar-refractivity contribution < 1.29 is 4.79 Å². The van der Waals surface area contributed by atoms with Crippen LogP contribution in [0.3, 0.4) is 0 Å². The Bertz CT molecular complexity index is 1200. The molecule has 156 valence electrons. The number of benzene rings is 4. The van der Waals surface area contributed by atoms with Gasteiger partial charge in [0, 0.05) is 22.0 Å². The van der Waals surface area contributed by atoms with Gasteiger partial charge in [-0.25, -0.2) is 0 Å². The van der Waals surface area contributed by atoms with Gasteiger partial charge < -0.3 is 0 Å². The molecule has 0 radical (unpaired) electrons. The third-order valence-electron chi connectivity index (χ3n) is 5.44. The molecule has 4 aromatic rings. The highest BCUT2D eigenvalue weighted by Gasteiger charge is 2.13. The molecular formula is C28H26OS2. The Hall–Kier alpha value is -2.49. The van der Waals surface area contributed by atoms with Gasteiger partial charge in [0.2, 0.25) is 0 Å². The van der Waals surface area contributed by atoms with Gasteiger partial charge in [-0.05, 0) is 70.0 Å². The molecule has 4 rings (SSSR count). The minimum Gasteiger partial charge on any atom is -0.295 e. The number of carbonyl (C=O) groups is 1. The van der Waals surface area contributed by atoms with E-state index in [9.17, 15) is 4.79 Å². The van der Waals surface area contributed by atoms with E-state index in [1.807, 2.05) is 23.5 Å². The molecule has 0 amide bonds. The molecule has 0 spiro atoms. The van der Waals surface area contributed by atoms with E-state index in [1.165, 1.54) is 37.4 Å². The van der Waals surface area contributed by atoms with Crippen LogP contribution in [-0.2, 0) is 4.79 Å². The number of allylic oxidation sites excluding steroid dienone is 1. The molecule has 31 heavy (non-hydrogen) atoms. The number of ketones is 1. The largest absolute Gasteiger partial charge is 0.295 e. The second-order valence-corrected chi connectivity index (χ2v) is 9.97. The first kappa shape index (κ1) is 21.7. The maximum atomic E-state index is 12.1. The van der Waals surface area contributed by atoms with Crippen molar-refractivity contribution in [3.63, 3.8) is 0 Å². The molecule has 4 aromatic carbocycles. The highest BCUT2D eigenvalue weighted by atomic mass is 32.2. The van der Waals surface area contributed by atoms with Crippen LogP contribution in [0.25, 0.3) is 21.5 Å². The molecule has 0 bridgehead atoms. The minimum atomic E-state index is 0.139. The lowest BCUT2D eigenvalue weighted by Gasteiger charge is -2.15. The van der Waals surface area contributed by atoms with Crippen molar-refractivity contribution in [1.29, 1.82) is 0 Å². The number of hydrogen-bond donors (Lipinski definition) is 0. The minimum absolute atomic E-state index is 0.139. The summed E-state index contributed by atoms with van der Waals surface area (Å²) in [6.07, 6.45) is 3.05. The Morgan fingerprint density at radius 1 is 0.774 bits per heavy atom. The average molecular weight is 443 g/mol. The van der Waals surface area contributed by atoms with Crippen molar-refractivity contribution in [2.24, 2.45) is 5.92 Å². The van der Waals surface area contributed by atoms with Crippen LogP contribution >= 0.6 is 23.5 Å². The molecule has 0 aliphatic rings. The second kappa shape index (κ2) is 10.7. The molecule has 0 aliphatic carbocycles. The smallest absolute Gasteiger partial charge is 0.155 e. The van der Waals surface area contributed by atoms with Crippen LogP contribution in [0.15, 0.2) is 107 Å². The van der Waals surface area contributed by atoms with Crippen LogP contribution in [0.1, 0.15) is 12.8 Å². The summed E-state index contributed by atoms with van der Waals surface area (Å²) in [4.78, 5) is 14.6. The summed E-state index contributed by atoms with van der Waals surface area (Å²) in [5.41, 5.74) is 0. The van der Waals surface area contributed by atoms with Gasteiger partial charge in [0.15, 0.2) is 5.78 Å². The fraction of sp³-hybridized carbons (Fsp3) is 0.179. The van der Waals surface area contributed by atoms with E-state index < -0.39 is 0 Å². The summed E-state index contributed by atoms with van der Waals surface area (Å²) in [6, 6.07) is 30.1. The zero-order chi connectivity index (χ0) is 21.5. The molecule has 1 nitrogen and oxygen atoms in total. The van der Waals surface area contributed by atoms with E-state index in [1.54, 1.807) is 0 Å². The third kappa shape index (κ3) is 6.03. The third-order valence-corrected chi connectivity index (χ3v) is 7.69. The molecule has 0 aliphatic heterocycles. The highest BCUT2D eigenvalue weighted by Crippen LogP contribution is 2.30. The number of carbonyl (C=O) groups excluding carboxylic acids is 1. The zero-order valence-corrected chi connectivity index (χ0v) is 19.1. The topological polar surface area (TPSA) is 17.1 Å². The van der Waals surface area contributed by atoms with Gasteiger partial charge in [0.1, 0.15) is 0 Å². The van der Waals surface area contributed by atoms with Gasteiger partial charge in [-0.3, -0.25) is 4.79 Å². The molecule has 1 unspecified atom stereocenters. The van der Waals surface area contributed by atoms with Crippen LogP contribution < -0.4 is 0 Å². The number of fused-ring (bicyclic) bond motifs is 2. The predicted octanol–water partition coefficient (Wildman–Crippen LogP) is 8.03. The number of hydrogen-bond acceptors (Lipinski definition) is 3. The van der Waals surface area contributed by atoms with Gasteiger partial charge in [0.25, 0.3) is 0 Å². The van der Waals surface area contributed by atoms with Crippen LogP contribution in [0.2, 0.25) is 0 Å². The standard InChI is InChI=1S/C28H26OS2/c1-2-26(29)17-21(20-31-28-14-12-23-8-4-6-10-25(23)19-28)15-16-30-27-13-11-22-7-3-5-9-24(22)18-27/h2-14,18-19,21H,1,15-17,20H2. The Kier molecular flexibility index (Phi) is 7.50. The maximum absolute atomic E-state index is 12.1. The quantitative estimate of drug-likeness (QED) is 0.183. The monoisotopic (exact) mass is 442 g/mol. The van der Waals surface area contributed by atoms with Crippen LogP contribution in [0.5, 0.6) is 0 Å². The summed E-state index contributed by atoms with van der Waals surface area (Å²) in [7, 11) is 0. The summed E-state index contributed by atoms with van der Waals surface area (Å²) in [5, 5.41) is 5.07. The fourth-order valence-electron chi connectivity index (χ4n) is 3.68. The fourth-order valence-corrected chi connectivity index (χ4v) is 5.83. The maximum Gasteiger partial charge on any atom is 0.155 e. The SMILES string of the molecule is C=CC(=O)CC(CCSc1ccc2ccccc2c1)CSc1ccc2ccccc2c1. The van der Waals surface area contributed by atoms with Crippen molar-refractivity contribution >= 4 is 50.9 Å². The van der Waals surface area contributed by atoms with E-state index in [0.29, 0.717) is 12.3 Å². The molecule has 0 saturated carbocycles. The van der Waals surface area contributed by atoms with E-state index in [-0.39, 0.29) is 5.78 Å². The molecule has 3 heteroatoms. The van der Waals surface area contributed by atoms with E-state index >= 15 is 0 Å². The molecule has 0 saturated heterocycles. The highest BCUT2D eigenvalue weighted by molar-refractivity contribution is 7.99. The van der Waals surface area contributed by atoms with Crippen molar-refractivity contribution in [1.82, 2.24) is 0 Å².